The molecule has 0 saturated carbocycles. The summed E-state index contributed by atoms with van der Waals surface area (Å²) in [7, 11) is 0. The Kier molecular flexibility index (Phi) is 7.21. The molecule has 0 spiro atoms. The van der Waals surface area contributed by atoms with Gasteiger partial charge >= 0.3 is 18.4 Å². The second-order valence-corrected chi connectivity index (χ2v) is 8.49. The molecule has 1 aliphatic rings. The topological polar surface area (TPSA) is 58.6 Å². The smallest absolute Gasteiger partial charge is 0.416 e. The third kappa shape index (κ3) is 6.64. The van der Waals surface area contributed by atoms with E-state index in [2.05, 4.69) is 11.9 Å². The molecule has 2 amide bonds. The lowest BCUT2D eigenvalue weighted by Gasteiger charge is -2.38. The summed E-state index contributed by atoms with van der Waals surface area (Å²) in [6.45, 7) is 9.06. The molecule has 1 heterocycles. The Labute approximate surface area is 181 Å². The van der Waals surface area contributed by atoms with E-state index in [1.807, 2.05) is 0 Å². The van der Waals surface area contributed by atoms with Crippen LogP contribution in [0.4, 0.5) is 31.1 Å². The molecule has 32 heavy (non-hydrogen) atoms. The minimum absolute atomic E-state index is 0.0390. The van der Waals surface area contributed by atoms with Crippen molar-refractivity contribution in [3.05, 3.63) is 47.5 Å². The van der Waals surface area contributed by atoms with Crippen LogP contribution in [0.3, 0.4) is 0 Å². The van der Waals surface area contributed by atoms with Gasteiger partial charge in [-0.3, -0.25) is 4.79 Å². The number of carbonyl (C=O) groups is 2. The highest BCUT2D eigenvalue weighted by atomic mass is 19.4. The maximum absolute atomic E-state index is 13.0. The van der Waals surface area contributed by atoms with Gasteiger partial charge in [-0.2, -0.15) is 26.3 Å². The Bertz CT molecular complexity index is 842. The zero-order chi connectivity index (χ0) is 24.5. The van der Waals surface area contributed by atoms with E-state index in [1.165, 1.54) is 11.0 Å². The summed E-state index contributed by atoms with van der Waals surface area (Å²) in [6, 6.07) is 0.0810. The van der Waals surface area contributed by atoms with Crippen molar-refractivity contribution in [2.45, 2.75) is 51.2 Å². The summed E-state index contributed by atoms with van der Waals surface area (Å²) in [4.78, 5) is 26.2. The number of piperidine rings is 1. The van der Waals surface area contributed by atoms with Crippen LogP contribution in [0.15, 0.2) is 30.9 Å². The number of amides is 2. The molecule has 0 aliphatic carbocycles. The molecule has 0 aromatic heterocycles. The number of rotatable bonds is 3. The van der Waals surface area contributed by atoms with Gasteiger partial charge in [-0.1, -0.05) is 6.08 Å². The molecule has 1 aromatic rings. The van der Waals surface area contributed by atoms with E-state index >= 15 is 0 Å². The minimum atomic E-state index is -5.06. The first-order valence-electron chi connectivity index (χ1n) is 9.72. The Morgan fingerprint density at radius 2 is 1.59 bits per heavy atom. The zero-order valence-electron chi connectivity index (χ0n) is 17.7. The fraction of sp³-hybridized carbons (Fsp3) is 0.524. The number of nitrogens with one attached hydrogen (secondary N) is 1. The van der Waals surface area contributed by atoms with E-state index in [1.54, 1.807) is 20.8 Å². The molecule has 1 saturated heterocycles. The lowest BCUT2D eigenvalue weighted by molar-refractivity contribution is -0.143. The summed E-state index contributed by atoms with van der Waals surface area (Å²) in [6.07, 6.45) is -9.00. The van der Waals surface area contributed by atoms with Gasteiger partial charge in [-0.25, -0.2) is 4.79 Å². The molecule has 1 unspecified atom stereocenters. The van der Waals surface area contributed by atoms with Crippen LogP contribution in [0.2, 0.25) is 0 Å². The van der Waals surface area contributed by atoms with Crippen LogP contribution in [-0.2, 0) is 17.1 Å². The number of likely N-dealkylation sites (tertiary alicyclic amines) is 1. The number of ether oxygens (including phenoxy) is 1. The summed E-state index contributed by atoms with van der Waals surface area (Å²) in [5, 5.41) is 2.48. The van der Waals surface area contributed by atoms with Gasteiger partial charge in [-0.15, -0.1) is 6.58 Å². The molecule has 1 aromatic carbocycles. The van der Waals surface area contributed by atoms with Gasteiger partial charge in [0.15, 0.2) is 0 Å². The van der Waals surface area contributed by atoms with Crippen molar-refractivity contribution >= 4 is 12.0 Å². The normalized spacial score (nSPS) is 20.0. The Hall–Kier alpha value is -2.72. The SMILES string of the molecule is C=C[C@@H]1CN(C(=O)OC(C)(C)C)CCC1NC(=O)c1cc(C(F)(F)F)cc(C(F)(F)F)c1. The average molecular weight is 466 g/mol. The van der Waals surface area contributed by atoms with Crippen molar-refractivity contribution in [2.75, 3.05) is 13.1 Å². The van der Waals surface area contributed by atoms with Gasteiger partial charge in [0.1, 0.15) is 5.60 Å². The standard InChI is InChI=1S/C21H24F6N2O3/c1-5-12-11-29(18(31)32-19(2,3)4)7-6-16(12)28-17(30)13-8-14(20(22,23)24)10-15(9-13)21(25,26)27/h5,8-10,12,16H,1,6-7,11H2,2-4H3,(H,28,30)/t12-,16?/m1/s1. The van der Waals surface area contributed by atoms with Crippen LogP contribution in [0.25, 0.3) is 0 Å². The van der Waals surface area contributed by atoms with Crippen molar-refractivity contribution in [3.8, 4) is 0 Å². The van der Waals surface area contributed by atoms with Gasteiger partial charge in [0.2, 0.25) is 0 Å². The molecule has 5 nitrogen and oxygen atoms in total. The predicted molar refractivity (Wildman–Crippen MR) is 104 cm³/mol. The summed E-state index contributed by atoms with van der Waals surface area (Å²) in [5.41, 5.74) is -4.62. The van der Waals surface area contributed by atoms with Gasteiger partial charge in [-0.05, 0) is 45.4 Å². The molecular weight excluding hydrogens is 442 g/mol. The van der Waals surface area contributed by atoms with Crippen LogP contribution in [-0.4, -0.2) is 41.6 Å². The van der Waals surface area contributed by atoms with Crippen LogP contribution in [0, 0.1) is 5.92 Å². The van der Waals surface area contributed by atoms with Gasteiger partial charge < -0.3 is 15.0 Å². The Morgan fingerprint density at radius 1 is 1.06 bits per heavy atom. The van der Waals surface area contributed by atoms with E-state index < -0.39 is 58.6 Å². The molecular formula is C21H24F6N2O3. The summed E-state index contributed by atoms with van der Waals surface area (Å²) < 4.78 is 83.6. The number of hydrogen-bond donors (Lipinski definition) is 1. The molecule has 1 aliphatic heterocycles. The highest BCUT2D eigenvalue weighted by Gasteiger charge is 2.38. The summed E-state index contributed by atoms with van der Waals surface area (Å²) >= 11 is 0. The van der Waals surface area contributed by atoms with Crippen molar-refractivity contribution < 1.29 is 40.7 Å². The fourth-order valence-corrected chi connectivity index (χ4v) is 3.23. The molecule has 0 bridgehead atoms. The first-order valence-corrected chi connectivity index (χ1v) is 9.72. The number of nitrogens with zero attached hydrogens (tertiary/aromatic N) is 1. The van der Waals surface area contributed by atoms with Crippen molar-refractivity contribution in [2.24, 2.45) is 5.92 Å². The van der Waals surface area contributed by atoms with Crippen LogP contribution in [0.1, 0.15) is 48.7 Å². The highest BCUT2D eigenvalue weighted by molar-refractivity contribution is 5.95. The highest BCUT2D eigenvalue weighted by Crippen LogP contribution is 2.36. The molecule has 0 radical (unpaired) electrons. The molecule has 11 heteroatoms. The molecule has 2 rings (SSSR count). The Balaban J connectivity index is 2.20. The molecule has 1 fully saturated rings. The van der Waals surface area contributed by atoms with Gasteiger partial charge in [0.05, 0.1) is 11.1 Å². The molecule has 1 N–H and O–H groups in total. The monoisotopic (exact) mass is 466 g/mol. The third-order valence-electron chi connectivity index (χ3n) is 4.78. The van der Waals surface area contributed by atoms with Gasteiger partial charge in [0.25, 0.3) is 5.91 Å². The second kappa shape index (κ2) is 9.03. The lowest BCUT2D eigenvalue weighted by atomic mass is 9.92. The third-order valence-corrected chi connectivity index (χ3v) is 4.78. The predicted octanol–water partition coefficient (Wildman–Crippen LogP) is 5.27. The summed E-state index contributed by atoms with van der Waals surface area (Å²) in [5.74, 6) is -1.56. The van der Waals surface area contributed by atoms with Crippen molar-refractivity contribution in [1.29, 1.82) is 0 Å². The van der Waals surface area contributed by atoms with Crippen molar-refractivity contribution in [3.63, 3.8) is 0 Å². The van der Waals surface area contributed by atoms with Crippen LogP contribution in [0.5, 0.6) is 0 Å². The van der Waals surface area contributed by atoms with Crippen LogP contribution >= 0.6 is 0 Å². The quantitative estimate of drug-likeness (QED) is 0.488. The number of hydrogen-bond acceptors (Lipinski definition) is 3. The van der Waals surface area contributed by atoms with E-state index in [0.717, 1.165) is 0 Å². The van der Waals surface area contributed by atoms with E-state index in [9.17, 15) is 35.9 Å². The molecule has 2 atom stereocenters. The lowest BCUT2D eigenvalue weighted by Crippen LogP contribution is -2.52. The fourth-order valence-electron chi connectivity index (χ4n) is 3.23. The van der Waals surface area contributed by atoms with Gasteiger partial charge in [0, 0.05) is 30.6 Å². The number of alkyl halides is 6. The van der Waals surface area contributed by atoms with E-state index in [4.69, 9.17) is 4.74 Å². The molecule has 178 valence electrons. The number of benzene rings is 1. The Morgan fingerprint density at radius 3 is 2.03 bits per heavy atom. The average Bonchev–Trinajstić information content (AvgIpc) is 2.65. The van der Waals surface area contributed by atoms with Crippen LogP contribution < -0.4 is 5.32 Å². The second-order valence-electron chi connectivity index (χ2n) is 8.49. The zero-order valence-corrected chi connectivity index (χ0v) is 17.7. The first kappa shape index (κ1) is 25.5. The number of halogens is 6. The van der Waals surface area contributed by atoms with Crippen molar-refractivity contribution in [1.82, 2.24) is 10.2 Å². The first-order chi connectivity index (χ1) is 14.5. The number of carbonyl (C=O) groups excluding carboxylic acids is 2. The largest absolute Gasteiger partial charge is 0.444 e. The maximum Gasteiger partial charge on any atom is 0.416 e. The maximum atomic E-state index is 13.0. The van der Waals surface area contributed by atoms with E-state index in [0.29, 0.717) is 12.1 Å². The van der Waals surface area contributed by atoms with E-state index in [-0.39, 0.29) is 25.6 Å². The minimum Gasteiger partial charge on any atom is -0.444 e.